The highest BCUT2D eigenvalue weighted by atomic mass is 35.5. The lowest BCUT2D eigenvalue weighted by molar-refractivity contribution is -0.123. The van der Waals surface area contributed by atoms with Gasteiger partial charge in [-0.25, -0.2) is 0 Å². The Morgan fingerprint density at radius 3 is 3.06 bits per heavy atom. The molecule has 0 aliphatic carbocycles. The number of anilines is 1. The molecular formula is C13H14ClN3O. The zero-order valence-corrected chi connectivity index (χ0v) is 10.9. The van der Waals surface area contributed by atoms with E-state index in [0.29, 0.717) is 30.1 Å². The van der Waals surface area contributed by atoms with Crippen molar-refractivity contribution >= 4 is 23.2 Å². The van der Waals surface area contributed by atoms with Crippen LogP contribution in [0.2, 0.25) is 5.02 Å². The molecule has 4 nitrogen and oxygen atoms in total. The standard InChI is InChI=1S/C13H14ClN3O/c1-2-11-13(18)16-5-6-17(11)12-7-10(14)4-3-9(12)8-15/h3-4,7,11H,2,5-6H2,1H3,(H,16,18). The number of hydrogen-bond acceptors (Lipinski definition) is 3. The zero-order chi connectivity index (χ0) is 13.1. The molecule has 0 aromatic heterocycles. The number of rotatable bonds is 2. The van der Waals surface area contributed by atoms with Gasteiger partial charge in [0, 0.05) is 18.1 Å². The van der Waals surface area contributed by atoms with Gasteiger partial charge in [-0.3, -0.25) is 4.79 Å². The average molecular weight is 264 g/mol. The van der Waals surface area contributed by atoms with E-state index in [9.17, 15) is 4.79 Å². The maximum Gasteiger partial charge on any atom is 0.242 e. The van der Waals surface area contributed by atoms with Crippen LogP contribution in [-0.4, -0.2) is 25.0 Å². The van der Waals surface area contributed by atoms with E-state index in [4.69, 9.17) is 16.9 Å². The molecule has 1 aromatic carbocycles. The Hall–Kier alpha value is -1.73. The summed E-state index contributed by atoms with van der Waals surface area (Å²) in [4.78, 5) is 13.8. The molecule has 1 N–H and O–H groups in total. The Balaban J connectivity index is 2.43. The predicted molar refractivity (Wildman–Crippen MR) is 70.6 cm³/mol. The van der Waals surface area contributed by atoms with E-state index in [2.05, 4.69) is 11.4 Å². The highest BCUT2D eigenvalue weighted by Crippen LogP contribution is 2.27. The molecule has 1 aromatic rings. The molecule has 1 unspecified atom stereocenters. The van der Waals surface area contributed by atoms with Crippen molar-refractivity contribution in [2.24, 2.45) is 0 Å². The van der Waals surface area contributed by atoms with Crippen LogP contribution in [0.4, 0.5) is 5.69 Å². The van der Waals surface area contributed by atoms with E-state index in [-0.39, 0.29) is 11.9 Å². The van der Waals surface area contributed by atoms with Crippen molar-refractivity contribution in [1.82, 2.24) is 5.32 Å². The van der Waals surface area contributed by atoms with Gasteiger partial charge in [0.1, 0.15) is 12.1 Å². The number of halogens is 1. The molecule has 1 aliphatic rings. The second-order valence-corrected chi connectivity index (χ2v) is 4.62. The van der Waals surface area contributed by atoms with Crippen LogP contribution in [0.15, 0.2) is 18.2 Å². The Labute approximate surface area is 111 Å². The van der Waals surface area contributed by atoms with Crippen LogP contribution < -0.4 is 10.2 Å². The van der Waals surface area contributed by atoms with Crippen molar-refractivity contribution < 1.29 is 4.79 Å². The highest BCUT2D eigenvalue weighted by Gasteiger charge is 2.29. The molecule has 0 bridgehead atoms. The van der Waals surface area contributed by atoms with Crippen LogP contribution in [0.25, 0.3) is 0 Å². The van der Waals surface area contributed by atoms with E-state index in [1.54, 1.807) is 18.2 Å². The Bertz CT molecular complexity index is 509. The number of hydrogen-bond donors (Lipinski definition) is 1. The van der Waals surface area contributed by atoms with E-state index in [1.165, 1.54) is 0 Å². The van der Waals surface area contributed by atoms with Crippen LogP contribution in [0.1, 0.15) is 18.9 Å². The third-order valence-electron chi connectivity index (χ3n) is 3.11. The molecular weight excluding hydrogens is 250 g/mol. The Morgan fingerprint density at radius 1 is 1.61 bits per heavy atom. The maximum atomic E-state index is 11.8. The van der Waals surface area contributed by atoms with Gasteiger partial charge >= 0.3 is 0 Å². The van der Waals surface area contributed by atoms with Crippen LogP contribution in [0.5, 0.6) is 0 Å². The number of nitrogens with one attached hydrogen (secondary N) is 1. The molecule has 0 saturated carbocycles. The Morgan fingerprint density at radius 2 is 2.39 bits per heavy atom. The first-order valence-electron chi connectivity index (χ1n) is 5.91. The molecule has 0 spiro atoms. The van der Waals surface area contributed by atoms with Gasteiger partial charge < -0.3 is 10.2 Å². The summed E-state index contributed by atoms with van der Waals surface area (Å²) >= 11 is 5.98. The summed E-state index contributed by atoms with van der Waals surface area (Å²) in [7, 11) is 0. The fourth-order valence-electron chi connectivity index (χ4n) is 2.25. The summed E-state index contributed by atoms with van der Waals surface area (Å²) in [6, 6.07) is 7.05. The first-order valence-corrected chi connectivity index (χ1v) is 6.29. The van der Waals surface area contributed by atoms with Gasteiger partial charge in [-0.05, 0) is 24.6 Å². The summed E-state index contributed by atoms with van der Waals surface area (Å²) in [5.41, 5.74) is 1.29. The zero-order valence-electron chi connectivity index (χ0n) is 10.1. The smallest absolute Gasteiger partial charge is 0.242 e. The molecule has 0 radical (unpaired) electrons. The molecule has 1 heterocycles. The summed E-state index contributed by atoms with van der Waals surface area (Å²) in [5, 5.41) is 12.6. The van der Waals surface area contributed by atoms with Crippen molar-refractivity contribution in [3.05, 3.63) is 28.8 Å². The van der Waals surface area contributed by atoms with Crippen molar-refractivity contribution in [2.75, 3.05) is 18.0 Å². The monoisotopic (exact) mass is 263 g/mol. The molecule has 2 rings (SSSR count). The van der Waals surface area contributed by atoms with Gasteiger partial charge in [0.15, 0.2) is 0 Å². The SMILES string of the molecule is CCC1C(=O)NCCN1c1cc(Cl)ccc1C#N. The summed E-state index contributed by atoms with van der Waals surface area (Å²) in [6.07, 6.45) is 0.698. The van der Waals surface area contributed by atoms with E-state index in [1.807, 2.05) is 11.8 Å². The van der Waals surface area contributed by atoms with E-state index >= 15 is 0 Å². The number of carbonyl (C=O) groups excluding carboxylic acids is 1. The molecule has 1 aliphatic heterocycles. The summed E-state index contributed by atoms with van der Waals surface area (Å²) in [6.45, 7) is 3.24. The van der Waals surface area contributed by atoms with Crippen LogP contribution >= 0.6 is 11.6 Å². The van der Waals surface area contributed by atoms with Gasteiger partial charge in [-0.2, -0.15) is 5.26 Å². The van der Waals surface area contributed by atoms with E-state index < -0.39 is 0 Å². The lowest BCUT2D eigenvalue weighted by Gasteiger charge is -2.36. The lowest BCUT2D eigenvalue weighted by Crippen LogP contribution is -2.55. The summed E-state index contributed by atoms with van der Waals surface area (Å²) in [5.74, 6) is 0.00705. The van der Waals surface area contributed by atoms with Crippen LogP contribution in [0, 0.1) is 11.3 Å². The van der Waals surface area contributed by atoms with Gasteiger partial charge in [0.25, 0.3) is 0 Å². The molecule has 1 fully saturated rings. The average Bonchev–Trinajstić information content (AvgIpc) is 2.38. The lowest BCUT2D eigenvalue weighted by atomic mass is 10.1. The van der Waals surface area contributed by atoms with Crippen molar-refractivity contribution in [3.8, 4) is 6.07 Å². The number of benzene rings is 1. The second kappa shape index (κ2) is 5.28. The predicted octanol–water partition coefficient (Wildman–Crippen LogP) is 1.93. The topological polar surface area (TPSA) is 56.1 Å². The Kier molecular flexibility index (Phi) is 3.73. The number of nitriles is 1. The molecule has 1 amide bonds. The molecule has 1 atom stereocenters. The summed E-state index contributed by atoms with van der Waals surface area (Å²) < 4.78 is 0. The van der Waals surface area contributed by atoms with Crippen LogP contribution in [-0.2, 0) is 4.79 Å². The second-order valence-electron chi connectivity index (χ2n) is 4.18. The number of amides is 1. The van der Waals surface area contributed by atoms with Gasteiger partial charge in [-0.1, -0.05) is 18.5 Å². The number of piperazine rings is 1. The van der Waals surface area contributed by atoms with Gasteiger partial charge in [-0.15, -0.1) is 0 Å². The quantitative estimate of drug-likeness (QED) is 0.887. The largest absolute Gasteiger partial charge is 0.357 e. The molecule has 1 saturated heterocycles. The van der Waals surface area contributed by atoms with Crippen molar-refractivity contribution in [3.63, 3.8) is 0 Å². The fraction of sp³-hybridized carbons (Fsp3) is 0.385. The van der Waals surface area contributed by atoms with Gasteiger partial charge in [0.05, 0.1) is 11.3 Å². The first-order chi connectivity index (χ1) is 8.67. The van der Waals surface area contributed by atoms with Crippen molar-refractivity contribution in [2.45, 2.75) is 19.4 Å². The van der Waals surface area contributed by atoms with Crippen LogP contribution in [0.3, 0.4) is 0 Å². The fourth-order valence-corrected chi connectivity index (χ4v) is 2.41. The third kappa shape index (κ3) is 2.27. The van der Waals surface area contributed by atoms with Gasteiger partial charge in [0.2, 0.25) is 5.91 Å². The first kappa shape index (κ1) is 12.7. The normalized spacial score (nSPS) is 19.3. The highest BCUT2D eigenvalue weighted by molar-refractivity contribution is 6.30. The number of carbonyl (C=O) groups is 1. The third-order valence-corrected chi connectivity index (χ3v) is 3.34. The van der Waals surface area contributed by atoms with Crippen molar-refractivity contribution in [1.29, 1.82) is 5.26 Å². The minimum absolute atomic E-state index is 0.00705. The minimum Gasteiger partial charge on any atom is -0.357 e. The maximum absolute atomic E-state index is 11.8. The minimum atomic E-state index is -0.232. The molecule has 94 valence electrons. The number of nitrogens with zero attached hydrogens (tertiary/aromatic N) is 2. The molecule has 5 heteroatoms. The molecule has 18 heavy (non-hydrogen) atoms. The van der Waals surface area contributed by atoms with E-state index in [0.717, 1.165) is 5.69 Å².